The van der Waals surface area contributed by atoms with E-state index in [0.717, 1.165) is 25.7 Å². The van der Waals surface area contributed by atoms with E-state index < -0.39 is 18.3 Å². The van der Waals surface area contributed by atoms with Crippen molar-refractivity contribution in [3.05, 3.63) is 35.9 Å². The number of ether oxygens (including phenoxy) is 1. The molecular weight excluding hydrogens is 318 g/mol. The zero-order valence-electron chi connectivity index (χ0n) is 15.5. The molecule has 1 unspecified atom stereocenters. The van der Waals surface area contributed by atoms with Crippen LogP contribution < -0.4 is 16.4 Å². The van der Waals surface area contributed by atoms with Crippen LogP contribution >= 0.6 is 0 Å². The molecule has 1 rings (SSSR count). The molecule has 0 radical (unpaired) electrons. The third-order valence-electron chi connectivity index (χ3n) is 4.38. The van der Waals surface area contributed by atoms with E-state index in [9.17, 15) is 9.59 Å². The fourth-order valence-electron chi connectivity index (χ4n) is 2.57. The summed E-state index contributed by atoms with van der Waals surface area (Å²) in [5.41, 5.74) is 7.28. The monoisotopic (exact) mass is 349 g/mol. The molecule has 0 aliphatic rings. The van der Waals surface area contributed by atoms with E-state index in [-0.39, 0.29) is 11.7 Å². The predicted octanol–water partition coefficient (Wildman–Crippen LogP) is 2.22. The number of nitrogens with one attached hydrogen (secondary N) is 2. The smallest absolute Gasteiger partial charge is 0.407 e. The number of aryl methyl sites for hydroxylation is 1. The van der Waals surface area contributed by atoms with Crippen molar-refractivity contribution in [3.8, 4) is 0 Å². The largest absolute Gasteiger partial charge is 0.453 e. The van der Waals surface area contributed by atoms with Crippen LogP contribution in [0.5, 0.6) is 0 Å². The second-order valence-electron chi connectivity index (χ2n) is 6.28. The number of Topliss-reactive ketones (excluding diaryl/α,β-unsaturated/α-hetero) is 1. The average molecular weight is 349 g/mol. The van der Waals surface area contributed by atoms with Gasteiger partial charge in [0.1, 0.15) is 6.17 Å². The molecule has 0 bridgehead atoms. The average Bonchev–Trinajstić information content (AvgIpc) is 2.65. The van der Waals surface area contributed by atoms with Crippen LogP contribution in [0.25, 0.3) is 0 Å². The van der Waals surface area contributed by atoms with Crippen LogP contribution in [0, 0.1) is 5.92 Å². The number of hydrogen-bond donors (Lipinski definition) is 3. The first kappa shape index (κ1) is 21.1. The number of unbranched alkanes of at least 4 members (excludes halogenated alkanes) is 1. The molecular formula is C19H31N3O3. The molecule has 0 aromatic heterocycles. The number of methoxy groups -OCH3 is 1. The molecule has 4 N–H and O–H groups in total. The first-order valence-electron chi connectivity index (χ1n) is 8.90. The lowest BCUT2D eigenvalue weighted by Crippen LogP contribution is -2.56. The molecule has 0 aliphatic carbocycles. The minimum absolute atomic E-state index is 0.0162. The van der Waals surface area contributed by atoms with Gasteiger partial charge in [-0.05, 0) is 37.3 Å². The van der Waals surface area contributed by atoms with E-state index in [4.69, 9.17) is 5.73 Å². The van der Waals surface area contributed by atoms with Crippen LogP contribution in [0.4, 0.5) is 4.79 Å². The molecule has 0 aliphatic heterocycles. The summed E-state index contributed by atoms with van der Waals surface area (Å²) in [4.78, 5) is 24.0. The van der Waals surface area contributed by atoms with Gasteiger partial charge >= 0.3 is 6.09 Å². The highest BCUT2D eigenvalue weighted by Crippen LogP contribution is 2.10. The lowest BCUT2D eigenvalue weighted by atomic mass is 9.94. The number of nitrogens with two attached hydrogens (primary N) is 1. The Kier molecular flexibility index (Phi) is 9.80. The number of alkyl carbamates (subject to hydrolysis) is 1. The summed E-state index contributed by atoms with van der Waals surface area (Å²) in [5.74, 6) is -0.236. The normalized spacial score (nSPS) is 14.4. The van der Waals surface area contributed by atoms with Crippen molar-refractivity contribution in [2.75, 3.05) is 13.7 Å². The van der Waals surface area contributed by atoms with Crippen LogP contribution in [-0.4, -0.2) is 37.7 Å². The second kappa shape index (κ2) is 11.6. The predicted molar refractivity (Wildman–Crippen MR) is 99.1 cm³/mol. The van der Waals surface area contributed by atoms with E-state index in [1.54, 1.807) is 0 Å². The van der Waals surface area contributed by atoms with Crippen molar-refractivity contribution in [2.45, 2.75) is 51.7 Å². The first-order valence-corrected chi connectivity index (χ1v) is 8.90. The quantitative estimate of drug-likeness (QED) is 0.421. The Morgan fingerprint density at radius 3 is 2.48 bits per heavy atom. The van der Waals surface area contributed by atoms with Gasteiger partial charge in [-0.3, -0.25) is 10.1 Å². The zero-order chi connectivity index (χ0) is 18.7. The Morgan fingerprint density at radius 1 is 1.20 bits per heavy atom. The summed E-state index contributed by atoms with van der Waals surface area (Å²) >= 11 is 0. The van der Waals surface area contributed by atoms with E-state index in [1.807, 2.05) is 32.0 Å². The van der Waals surface area contributed by atoms with Crippen LogP contribution in [0.1, 0.15) is 38.7 Å². The Labute approximate surface area is 150 Å². The highest BCUT2D eigenvalue weighted by Gasteiger charge is 2.29. The van der Waals surface area contributed by atoms with Gasteiger partial charge in [-0.2, -0.15) is 0 Å². The molecule has 140 valence electrons. The van der Waals surface area contributed by atoms with Gasteiger partial charge in [0.05, 0.1) is 13.2 Å². The molecule has 1 amide bonds. The minimum atomic E-state index is -0.798. The molecule has 0 heterocycles. The standard InChI is InChI=1S/C19H31N3O3/c1-4-14(2)16(22-19(24)25-3)17(23)18(20)21-13-9-8-12-15-10-6-5-7-11-15/h5-7,10-11,14,16,18,21H,4,8-9,12-13,20H2,1-3H3,(H,22,24)/t14-,16-,18?/m0/s1. The van der Waals surface area contributed by atoms with Gasteiger partial charge in [0.2, 0.25) is 0 Å². The van der Waals surface area contributed by atoms with E-state index in [1.165, 1.54) is 12.7 Å². The van der Waals surface area contributed by atoms with E-state index in [0.29, 0.717) is 6.54 Å². The Morgan fingerprint density at radius 2 is 1.88 bits per heavy atom. The maximum absolute atomic E-state index is 12.5. The highest BCUT2D eigenvalue weighted by molar-refractivity contribution is 5.91. The van der Waals surface area contributed by atoms with E-state index >= 15 is 0 Å². The number of carbonyl (C=O) groups excluding carboxylic acids is 2. The fraction of sp³-hybridized carbons (Fsp3) is 0.579. The van der Waals surface area contributed by atoms with Gasteiger partial charge in [-0.1, -0.05) is 50.6 Å². The summed E-state index contributed by atoms with van der Waals surface area (Å²) in [6.45, 7) is 4.53. The Bertz CT molecular complexity index is 522. The Hall–Kier alpha value is -1.92. The second-order valence-corrected chi connectivity index (χ2v) is 6.28. The zero-order valence-corrected chi connectivity index (χ0v) is 15.5. The lowest BCUT2D eigenvalue weighted by molar-refractivity contribution is -0.124. The molecule has 1 aromatic rings. The summed E-state index contributed by atoms with van der Waals surface area (Å²) < 4.78 is 4.60. The van der Waals surface area contributed by atoms with Gasteiger partial charge in [0.25, 0.3) is 0 Å². The Balaban J connectivity index is 2.38. The van der Waals surface area contributed by atoms with Gasteiger partial charge in [-0.25, -0.2) is 4.79 Å². The molecule has 25 heavy (non-hydrogen) atoms. The van der Waals surface area contributed by atoms with Crippen LogP contribution in [0.15, 0.2) is 30.3 Å². The SMILES string of the molecule is CC[C@H](C)[C@H](NC(=O)OC)C(=O)C(N)NCCCCc1ccccc1. The van der Waals surface area contributed by atoms with Crippen molar-refractivity contribution < 1.29 is 14.3 Å². The van der Waals surface area contributed by atoms with Crippen molar-refractivity contribution in [2.24, 2.45) is 11.7 Å². The number of amides is 1. The number of carbonyl (C=O) groups is 2. The number of benzene rings is 1. The third-order valence-corrected chi connectivity index (χ3v) is 4.38. The van der Waals surface area contributed by atoms with Crippen LogP contribution in [0.3, 0.4) is 0 Å². The molecule has 0 spiro atoms. The van der Waals surface area contributed by atoms with Crippen molar-refractivity contribution in [1.29, 1.82) is 0 Å². The van der Waals surface area contributed by atoms with Gasteiger partial charge in [-0.15, -0.1) is 0 Å². The number of hydrogen-bond acceptors (Lipinski definition) is 5. The topological polar surface area (TPSA) is 93.5 Å². The fourth-order valence-corrected chi connectivity index (χ4v) is 2.57. The molecule has 6 heteroatoms. The number of rotatable bonds is 11. The number of ketones is 1. The molecule has 1 aromatic carbocycles. The maximum atomic E-state index is 12.5. The molecule has 0 saturated carbocycles. The lowest BCUT2D eigenvalue weighted by Gasteiger charge is -2.25. The molecule has 0 fully saturated rings. The van der Waals surface area contributed by atoms with Crippen molar-refractivity contribution in [1.82, 2.24) is 10.6 Å². The summed E-state index contributed by atoms with van der Waals surface area (Å²) in [5, 5.41) is 5.65. The molecule has 3 atom stereocenters. The van der Waals surface area contributed by atoms with Gasteiger partial charge in [0.15, 0.2) is 5.78 Å². The van der Waals surface area contributed by atoms with Gasteiger partial charge < -0.3 is 15.8 Å². The van der Waals surface area contributed by atoms with E-state index in [2.05, 4.69) is 27.5 Å². The van der Waals surface area contributed by atoms with Crippen molar-refractivity contribution >= 4 is 11.9 Å². The maximum Gasteiger partial charge on any atom is 0.407 e. The van der Waals surface area contributed by atoms with Gasteiger partial charge in [0, 0.05) is 0 Å². The molecule has 0 saturated heterocycles. The highest BCUT2D eigenvalue weighted by atomic mass is 16.5. The minimum Gasteiger partial charge on any atom is -0.453 e. The van der Waals surface area contributed by atoms with Crippen molar-refractivity contribution in [3.63, 3.8) is 0 Å². The summed E-state index contributed by atoms with van der Waals surface area (Å²) in [7, 11) is 1.28. The molecule has 6 nitrogen and oxygen atoms in total. The van der Waals surface area contributed by atoms with Crippen LogP contribution in [-0.2, 0) is 16.0 Å². The summed E-state index contributed by atoms with van der Waals surface area (Å²) in [6.07, 6.45) is 2.29. The first-order chi connectivity index (χ1) is 12.0. The third kappa shape index (κ3) is 7.67. The summed E-state index contributed by atoms with van der Waals surface area (Å²) in [6, 6.07) is 9.64. The van der Waals surface area contributed by atoms with Crippen LogP contribution in [0.2, 0.25) is 0 Å².